The molecule has 0 amide bonds. The van der Waals surface area contributed by atoms with Gasteiger partial charge in [-0.3, -0.25) is 4.57 Å². The van der Waals surface area contributed by atoms with Crippen LogP contribution in [-0.4, -0.2) is 29.3 Å². The van der Waals surface area contributed by atoms with Crippen LogP contribution in [0.15, 0.2) is 58.2 Å². The molecule has 9 heteroatoms. The summed E-state index contributed by atoms with van der Waals surface area (Å²) in [5.74, 6) is -0.00455. The number of hydrogen-bond acceptors (Lipinski definition) is 4. The first-order valence-corrected chi connectivity index (χ1v) is 9.72. The largest absolute Gasteiger partial charge is 0.345 e. The van der Waals surface area contributed by atoms with Crippen molar-refractivity contribution >= 4 is 10.0 Å². The maximum absolute atomic E-state index is 13.1. The van der Waals surface area contributed by atoms with Crippen LogP contribution in [0.5, 0.6) is 0 Å². The number of aryl methyl sites for hydroxylation is 1. The van der Waals surface area contributed by atoms with Crippen molar-refractivity contribution in [2.24, 2.45) is 7.05 Å². The average molecular weight is 390 g/mol. The van der Waals surface area contributed by atoms with Gasteiger partial charge < -0.3 is 0 Å². The fraction of sp³-hybridized carbons (Fsp3) is 0.222. The molecule has 3 aromatic rings. The third kappa shape index (κ3) is 4.15. The van der Waals surface area contributed by atoms with E-state index in [1.54, 1.807) is 19.2 Å². The highest BCUT2D eigenvalue weighted by Gasteiger charge is 2.15. The van der Waals surface area contributed by atoms with Crippen molar-refractivity contribution in [3.8, 4) is 11.4 Å². The van der Waals surface area contributed by atoms with Gasteiger partial charge in [0.15, 0.2) is 5.82 Å². The second kappa shape index (κ2) is 7.45. The van der Waals surface area contributed by atoms with Gasteiger partial charge >= 0.3 is 5.69 Å². The summed E-state index contributed by atoms with van der Waals surface area (Å²) in [7, 11) is -2.11. The van der Waals surface area contributed by atoms with Gasteiger partial charge in [0.1, 0.15) is 5.82 Å². The molecule has 0 aliphatic heterocycles. The van der Waals surface area contributed by atoms with Crippen molar-refractivity contribution in [1.82, 2.24) is 19.1 Å². The standard InChI is InChI=1S/C18H19FN4O3S/c1-13-3-9-16(10-4-13)27(25,26)20-11-12-23-18(24)22(2)17(21-23)14-5-7-15(19)8-6-14/h3-10,20H,11-12H2,1-2H3. The lowest BCUT2D eigenvalue weighted by Crippen LogP contribution is -2.31. The molecule has 3 rings (SSSR count). The van der Waals surface area contributed by atoms with E-state index < -0.39 is 10.0 Å². The highest BCUT2D eigenvalue weighted by atomic mass is 32.2. The minimum Gasteiger partial charge on any atom is -0.278 e. The van der Waals surface area contributed by atoms with E-state index in [2.05, 4.69) is 9.82 Å². The first kappa shape index (κ1) is 19.0. The van der Waals surface area contributed by atoms with Crippen molar-refractivity contribution < 1.29 is 12.8 Å². The van der Waals surface area contributed by atoms with E-state index in [0.29, 0.717) is 11.4 Å². The molecular weight excluding hydrogens is 371 g/mol. The van der Waals surface area contributed by atoms with E-state index in [1.807, 2.05) is 6.92 Å². The first-order chi connectivity index (χ1) is 12.8. The Morgan fingerprint density at radius 3 is 2.33 bits per heavy atom. The lowest BCUT2D eigenvalue weighted by molar-refractivity contribution is 0.551. The van der Waals surface area contributed by atoms with Gasteiger partial charge in [0.05, 0.1) is 11.4 Å². The Bertz CT molecular complexity index is 1100. The molecule has 0 aliphatic rings. The first-order valence-electron chi connectivity index (χ1n) is 8.24. The number of rotatable bonds is 6. The molecule has 1 heterocycles. The maximum Gasteiger partial charge on any atom is 0.345 e. The summed E-state index contributed by atoms with van der Waals surface area (Å²) < 4.78 is 42.6. The predicted octanol–water partition coefficient (Wildman–Crippen LogP) is 1.67. The number of sulfonamides is 1. The van der Waals surface area contributed by atoms with Crippen molar-refractivity contribution in [3.63, 3.8) is 0 Å². The average Bonchev–Trinajstić information content (AvgIpc) is 2.91. The summed E-state index contributed by atoms with van der Waals surface area (Å²) in [5.41, 5.74) is 1.17. The van der Waals surface area contributed by atoms with Crippen LogP contribution in [0.3, 0.4) is 0 Å². The van der Waals surface area contributed by atoms with Crippen molar-refractivity contribution in [3.05, 3.63) is 70.4 Å². The molecule has 0 atom stereocenters. The van der Waals surface area contributed by atoms with Crippen molar-refractivity contribution in [1.29, 1.82) is 0 Å². The fourth-order valence-electron chi connectivity index (χ4n) is 2.57. The fourth-order valence-corrected chi connectivity index (χ4v) is 3.59. The smallest absolute Gasteiger partial charge is 0.278 e. The SMILES string of the molecule is Cc1ccc(S(=O)(=O)NCCn2nc(-c3ccc(F)cc3)n(C)c2=O)cc1. The zero-order valence-corrected chi connectivity index (χ0v) is 15.7. The Morgan fingerprint density at radius 1 is 1.07 bits per heavy atom. The number of aromatic nitrogens is 3. The van der Waals surface area contributed by atoms with E-state index in [9.17, 15) is 17.6 Å². The zero-order chi connectivity index (χ0) is 19.6. The number of nitrogens with one attached hydrogen (secondary N) is 1. The summed E-state index contributed by atoms with van der Waals surface area (Å²) >= 11 is 0. The topological polar surface area (TPSA) is 86.0 Å². The molecule has 2 aromatic carbocycles. The van der Waals surface area contributed by atoms with Crippen LogP contribution in [0.1, 0.15) is 5.56 Å². The zero-order valence-electron chi connectivity index (χ0n) is 14.9. The lowest BCUT2D eigenvalue weighted by Gasteiger charge is -2.06. The Kier molecular flexibility index (Phi) is 5.24. The lowest BCUT2D eigenvalue weighted by atomic mass is 10.2. The molecule has 0 bridgehead atoms. The van der Waals surface area contributed by atoms with Crippen LogP contribution < -0.4 is 10.4 Å². The van der Waals surface area contributed by atoms with Gasteiger partial charge in [0.25, 0.3) is 0 Å². The molecule has 0 saturated carbocycles. The Hall–Kier alpha value is -2.78. The van der Waals surface area contributed by atoms with Gasteiger partial charge in [0.2, 0.25) is 10.0 Å². The third-order valence-electron chi connectivity index (χ3n) is 4.09. The van der Waals surface area contributed by atoms with Crippen LogP contribution in [0, 0.1) is 12.7 Å². The third-order valence-corrected chi connectivity index (χ3v) is 5.57. The molecular formula is C18H19FN4O3S. The minimum absolute atomic E-state index is 0.00991. The van der Waals surface area contributed by atoms with E-state index in [1.165, 1.54) is 45.6 Å². The molecule has 0 aliphatic carbocycles. The van der Waals surface area contributed by atoms with Crippen LogP contribution in [0.4, 0.5) is 4.39 Å². The number of halogens is 1. The molecule has 0 radical (unpaired) electrons. The molecule has 0 fully saturated rings. The molecule has 0 saturated heterocycles. The van der Waals surface area contributed by atoms with Crippen LogP contribution in [0.2, 0.25) is 0 Å². The number of benzene rings is 2. The molecule has 142 valence electrons. The quantitative estimate of drug-likeness (QED) is 0.694. The van der Waals surface area contributed by atoms with Gasteiger partial charge in [-0.1, -0.05) is 17.7 Å². The molecule has 1 N–H and O–H groups in total. The second-order valence-electron chi connectivity index (χ2n) is 6.11. The summed E-state index contributed by atoms with van der Waals surface area (Å²) in [6.45, 7) is 1.95. The van der Waals surface area contributed by atoms with Gasteiger partial charge in [-0.15, -0.1) is 5.10 Å². The molecule has 7 nitrogen and oxygen atoms in total. The minimum atomic E-state index is -3.66. The molecule has 0 spiro atoms. The summed E-state index contributed by atoms with van der Waals surface area (Å²) in [6, 6.07) is 12.1. The molecule has 1 aromatic heterocycles. The van der Waals surface area contributed by atoms with E-state index in [4.69, 9.17) is 0 Å². The van der Waals surface area contributed by atoms with Crippen molar-refractivity contribution in [2.45, 2.75) is 18.4 Å². The summed E-state index contributed by atoms with van der Waals surface area (Å²) in [5, 5.41) is 4.22. The summed E-state index contributed by atoms with van der Waals surface area (Å²) in [4.78, 5) is 12.5. The highest BCUT2D eigenvalue weighted by Crippen LogP contribution is 2.15. The second-order valence-corrected chi connectivity index (χ2v) is 7.87. The van der Waals surface area contributed by atoms with Gasteiger partial charge in [-0.25, -0.2) is 27.0 Å². The van der Waals surface area contributed by atoms with Crippen molar-refractivity contribution in [2.75, 3.05) is 6.54 Å². The van der Waals surface area contributed by atoms with Gasteiger partial charge in [-0.05, 0) is 43.3 Å². The monoisotopic (exact) mass is 390 g/mol. The van der Waals surface area contributed by atoms with Gasteiger partial charge in [0, 0.05) is 19.2 Å². The van der Waals surface area contributed by atoms with Crippen LogP contribution in [-0.2, 0) is 23.6 Å². The van der Waals surface area contributed by atoms with Crippen LogP contribution in [0.25, 0.3) is 11.4 Å². The normalized spacial score (nSPS) is 11.7. The highest BCUT2D eigenvalue weighted by molar-refractivity contribution is 7.89. The molecule has 27 heavy (non-hydrogen) atoms. The van der Waals surface area contributed by atoms with E-state index in [-0.39, 0.29) is 29.5 Å². The number of nitrogens with zero attached hydrogens (tertiary/aromatic N) is 3. The van der Waals surface area contributed by atoms with Crippen LogP contribution >= 0.6 is 0 Å². The Morgan fingerprint density at radius 2 is 1.70 bits per heavy atom. The maximum atomic E-state index is 13.1. The van der Waals surface area contributed by atoms with E-state index in [0.717, 1.165) is 5.56 Å². The predicted molar refractivity (Wildman–Crippen MR) is 99.2 cm³/mol. The van der Waals surface area contributed by atoms with Gasteiger partial charge in [-0.2, -0.15) is 0 Å². The number of hydrogen-bond donors (Lipinski definition) is 1. The Balaban J connectivity index is 1.73. The summed E-state index contributed by atoms with van der Waals surface area (Å²) in [6.07, 6.45) is 0. The molecule has 0 unspecified atom stereocenters. The van der Waals surface area contributed by atoms with E-state index >= 15 is 0 Å². The Labute approximate surface area is 156 Å².